The molecule has 1 rings (SSSR count). The summed E-state index contributed by atoms with van der Waals surface area (Å²) >= 11 is 0. The van der Waals surface area contributed by atoms with Crippen molar-refractivity contribution >= 4 is 8.07 Å². The molecule has 0 N–H and O–H groups in total. The molecule has 0 spiro atoms. The predicted molar refractivity (Wildman–Crippen MR) is 68.4 cm³/mol. The van der Waals surface area contributed by atoms with E-state index in [4.69, 9.17) is 11.2 Å². The number of benzene rings is 1. The minimum absolute atomic E-state index is 0.141. The number of nitrogens with zero attached hydrogens (tertiary/aromatic N) is 1. The molecule has 0 amide bonds. The van der Waals surface area contributed by atoms with Gasteiger partial charge in [-0.1, -0.05) is 36.9 Å². The zero-order valence-electron chi connectivity index (χ0n) is 9.76. The fourth-order valence-electron chi connectivity index (χ4n) is 1.39. The fraction of sp³-hybridized carbons (Fsp3) is 0.333. The second-order valence-electron chi connectivity index (χ2n) is 4.17. The van der Waals surface area contributed by atoms with Gasteiger partial charge in [0.15, 0.2) is 0 Å². The van der Waals surface area contributed by atoms with E-state index in [0.717, 1.165) is 5.56 Å². The largest absolute Gasteiger partial charge is 0.379 e. The average Bonchev–Trinajstić information content (AvgIpc) is 2.29. The topological polar surface area (TPSA) is 52.4 Å². The van der Waals surface area contributed by atoms with Crippen molar-refractivity contribution in [3.63, 3.8) is 0 Å². The minimum atomic E-state index is -2.33. The molecule has 0 aromatic heterocycles. The van der Waals surface area contributed by atoms with Crippen LogP contribution in [0.15, 0.2) is 30.3 Å². The Morgan fingerprint density at radius 2 is 2.12 bits per heavy atom. The van der Waals surface area contributed by atoms with E-state index in [1.165, 1.54) is 0 Å². The van der Waals surface area contributed by atoms with E-state index in [9.17, 15) is 10.1 Å². The third-order valence-corrected chi connectivity index (χ3v) is 4.85. The van der Waals surface area contributed by atoms with Gasteiger partial charge in [0, 0.05) is 4.92 Å². The molecule has 0 bridgehead atoms. The van der Waals surface area contributed by atoms with Gasteiger partial charge in [-0.15, -0.1) is 12.0 Å². The maximum absolute atomic E-state index is 10.5. The highest BCUT2D eigenvalue weighted by Crippen LogP contribution is 2.06. The third-order valence-electron chi connectivity index (χ3n) is 2.36. The maximum Gasteiger partial charge on any atom is 0.242 e. The Balaban J connectivity index is 2.44. The molecule has 17 heavy (non-hydrogen) atoms. The van der Waals surface area contributed by atoms with Crippen LogP contribution in [0, 0.1) is 22.1 Å². The first kappa shape index (κ1) is 13.4. The summed E-state index contributed by atoms with van der Waals surface area (Å²) < 4.78 is 5.49. The maximum atomic E-state index is 10.5. The minimum Gasteiger partial charge on any atom is -0.379 e. The van der Waals surface area contributed by atoms with Crippen LogP contribution in [0.3, 0.4) is 0 Å². The van der Waals surface area contributed by atoms with Gasteiger partial charge in [0.1, 0.15) is 0 Å². The molecule has 0 aliphatic rings. The van der Waals surface area contributed by atoms with Crippen molar-refractivity contribution in [3.05, 3.63) is 46.0 Å². The van der Waals surface area contributed by atoms with Gasteiger partial charge in [-0.2, -0.15) is 0 Å². The first-order valence-electron chi connectivity index (χ1n) is 5.27. The Hall–Kier alpha value is -1.64. The number of ether oxygens (including phenoxy) is 1. The second-order valence-corrected chi connectivity index (χ2v) is 8.19. The Kier molecular flexibility index (Phi) is 4.88. The van der Waals surface area contributed by atoms with Crippen molar-refractivity contribution in [2.75, 3.05) is 12.4 Å². The van der Waals surface area contributed by atoms with Crippen molar-refractivity contribution in [1.29, 1.82) is 0 Å². The molecule has 1 aromatic carbocycles. The van der Waals surface area contributed by atoms with Crippen molar-refractivity contribution in [1.82, 2.24) is 0 Å². The van der Waals surface area contributed by atoms with Crippen LogP contribution in [0.2, 0.25) is 6.55 Å². The van der Waals surface area contributed by atoms with Crippen LogP contribution >= 0.6 is 0 Å². The zero-order chi connectivity index (χ0) is 12.7. The quantitative estimate of drug-likeness (QED) is 0.334. The Morgan fingerprint density at radius 3 is 2.65 bits per heavy atom. The highest BCUT2D eigenvalue weighted by molar-refractivity contribution is 6.86. The molecule has 1 unspecified atom stereocenters. The molecular formula is C12H15NO3Si. The van der Waals surface area contributed by atoms with Gasteiger partial charge in [0.2, 0.25) is 14.2 Å². The van der Waals surface area contributed by atoms with Gasteiger partial charge < -0.3 is 4.74 Å². The molecule has 1 aromatic rings. The lowest BCUT2D eigenvalue weighted by Gasteiger charge is -2.15. The number of hydrogen-bond acceptors (Lipinski definition) is 3. The lowest BCUT2D eigenvalue weighted by molar-refractivity contribution is -0.462. The molecule has 0 aliphatic carbocycles. The molecule has 90 valence electrons. The Bertz CT molecular complexity index is 416. The van der Waals surface area contributed by atoms with Crippen LogP contribution in [0.5, 0.6) is 0 Å². The molecule has 0 saturated heterocycles. The van der Waals surface area contributed by atoms with Crippen molar-refractivity contribution in [3.8, 4) is 12.0 Å². The molecule has 0 heterocycles. The number of nitro groups is 1. The summed E-state index contributed by atoms with van der Waals surface area (Å²) in [5, 5.41) is 10.5. The summed E-state index contributed by atoms with van der Waals surface area (Å²) in [4.78, 5) is 10.1. The van der Waals surface area contributed by atoms with E-state index in [1.807, 2.05) is 30.3 Å². The molecule has 0 aliphatic heterocycles. The van der Waals surface area contributed by atoms with Crippen LogP contribution in [0.4, 0.5) is 0 Å². The molecule has 0 saturated carbocycles. The normalized spacial score (nSPS) is 13.6. The Labute approximate surface area is 102 Å². The van der Waals surface area contributed by atoms with Gasteiger partial charge >= 0.3 is 0 Å². The van der Waals surface area contributed by atoms with Crippen LogP contribution < -0.4 is 0 Å². The smallest absolute Gasteiger partial charge is 0.242 e. The fourth-order valence-corrected chi connectivity index (χ4v) is 2.77. The number of terminal acetylenes is 1. The third kappa shape index (κ3) is 4.81. The van der Waals surface area contributed by atoms with Crippen LogP contribution in [0.1, 0.15) is 5.56 Å². The predicted octanol–water partition coefficient (Wildman–Crippen LogP) is 1.81. The summed E-state index contributed by atoms with van der Waals surface area (Å²) in [6.45, 7) is 2.24. The first-order valence-corrected chi connectivity index (χ1v) is 8.18. The van der Waals surface area contributed by atoms with Crippen LogP contribution in [-0.4, -0.2) is 25.4 Å². The van der Waals surface area contributed by atoms with E-state index < -0.39 is 8.07 Å². The standard InChI is InChI=1S/C12H15NO3Si/c1-3-17(2,10-13(14)15)11-16-9-12-7-5-4-6-8-12/h1,4-8H,9-11H2,2H3. The summed E-state index contributed by atoms with van der Waals surface area (Å²) in [5.74, 6) is 0. The van der Waals surface area contributed by atoms with E-state index >= 15 is 0 Å². The molecule has 0 radical (unpaired) electrons. The van der Waals surface area contributed by atoms with E-state index in [-0.39, 0.29) is 11.1 Å². The summed E-state index contributed by atoms with van der Waals surface area (Å²) in [6, 6.07) is 9.67. The highest BCUT2D eigenvalue weighted by Gasteiger charge is 2.32. The summed E-state index contributed by atoms with van der Waals surface area (Å²) in [6.07, 6.45) is 5.54. The zero-order valence-corrected chi connectivity index (χ0v) is 10.8. The van der Waals surface area contributed by atoms with Gasteiger partial charge in [-0.25, -0.2) is 0 Å². The van der Waals surface area contributed by atoms with Gasteiger partial charge in [0.05, 0.1) is 12.8 Å². The molecule has 5 heteroatoms. The van der Waals surface area contributed by atoms with Crippen LogP contribution in [-0.2, 0) is 11.3 Å². The van der Waals surface area contributed by atoms with E-state index in [0.29, 0.717) is 12.8 Å². The van der Waals surface area contributed by atoms with Crippen LogP contribution in [0.25, 0.3) is 0 Å². The first-order chi connectivity index (χ1) is 8.06. The van der Waals surface area contributed by atoms with Crippen molar-refractivity contribution in [2.24, 2.45) is 0 Å². The average molecular weight is 249 g/mol. The number of rotatable bonds is 6. The molecule has 0 fully saturated rings. The van der Waals surface area contributed by atoms with Gasteiger partial charge in [0.25, 0.3) is 0 Å². The molecule has 4 nitrogen and oxygen atoms in total. The number of hydrogen-bond donors (Lipinski definition) is 0. The summed E-state index contributed by atoms with van der Waals surface area (Å²) in [5.41, 5.74) is 3.61. The van der Waals surface area contributed by atoms with Gasteiger partial charge in [-0.05, 0) is 5.56 Å². The van der Waals surface area contributed by atoms with Crippen molar-refractivity contribution in [2.45, 2.75) is 13.2 Å². The SMILES string of the molecule is C#C[Si](C)(COCc1ccccc1)C[N+](=O)[O-]. The summed E-state index contributed by atoms with van der Waals surface area (Å²) in [7, 11) is -2.33. The van der Waals surface area contributed by atoms with E-state index in [1.54, 1.807) is 6.55 Å². The van der Waals surface area contributed by atoms with Gasteiger partial charge in [-0.3, -0.25) is 10.1 Å². The Morgan fingerprint density at radius 1 is 1.47 bits per heavy atom. The highest BCUT2D eigenvalue weighted by atomic mass is 28.3. The van der Waals surface area contributed by atoms with E-state index in [2.05, 4.69) is 5.54 Å². The molecular weight excluding hydrogens is 234 g/mol. The second kappa shape index (κ2) is 6.18. The molecule has 1 atom stereocenters. The van der Waals surface area contributed by atoms with Crippen molar-refractivity contribution < 1.29 is 9.66 Å². The lowest BCUT2D eigenvalue weighted by Crippen LogP contribution is -2.43. The monoisotopic (exact) mass is 249 g/mol. The lowest BCUT2D eigenvalue weighted by atomic mass is 10.2.